The average Bonchev–Trinajstić information content (AvgIpc) is 3.56. The van der Waals surface area contributed by atoms with Crippen LogP contribution in [0.4, 0.5) is 0 Å². The van der Waals surface area contributed by atoms with Gasteiger partial charge in [0.05, 0.1) is 29.2 Å². The highest BCUT2D eigenvalue weighted by atomic mass is 16.2. The third-order valence-electron chi connectivity index (χ3n) is 7.44. The first-order chi connectivity index (χ1) is 18.4. The molecule has 1 aliphatic heterocycles. The number of imidazole rings is 1. The normalized spacial score (nSPS) is 14.0. The van der Waals surface area contributed by atoms with E-state index in [0.717, 1.165) is 67.9 Å². The van der Waals surface area contributed by atoms with Gasteiger partial charge in [-0.25, -0.2) is 9.97 Å². The van der Waals surface area contributed by atoms with Crippen LogP contribution >= 0.6 is 0 Å². The van der Waals surface area contributed by atoms with Gasteiger partial charge in [-0.15, -0.1) is 0 Å². The molecule has 0 saturated carbocycles. The summed E-state index contributed by atoms with van der Waals surface area (Å²) in [6.07, 6.45) is 10.0. The van der Waals surface area contributed by atoms with E-state index in [4.69, 9.17) is 4.98 Å². The lowest BCUT2D eigenvalue weighted by atomic mass is 10.1. The maximum absolute atomic E-state index is 13.7. The minimum Gasteiger partial charge on any atom is -0.337 e. The number of fused-ring (bicyclic) bond motifs is 1. The lowest BCUT2D eigenvalue weighted by Crippen LogP contribution is -2.34. The van der Waals surface area contributed by atoms with E-state index in [1.54, 1.807) is 6.20 Å². The van der Waals surface area contributed by atoms with Crippen molar-refractivity contribution in [2.75, 3.05) is 32.7 Å². The smallest absolute Gasteiger partial charge is 0.273 e. The van der Waals surface area contributed by atoms with Crippen LogP contribution in [0.5, 0.6) is 0 Å². The molecule has 0 N–H and O–H groups in total. The number of amides is 1. The minimum absolute atomic E-state index is 0.00941. The van der Waals surface area contributed by atoms with Crippen molar-refractivity contribution in [2.45, 2.75) is 66.2 Å². The molecular weight excluding hydrogens is 472 g/mol. The van der Waals surface area contributed by atoms with Crippen molar-refractivity contribution >= 4 is 11.6 Å². The summed E-state index contributed by atoms with van der Waals surface area (Å²) in [5.74, 6) is 1.06. The van der Waals surface area contributed by atoms with E-state index >= 15 is 0 Å². The van der Waals surface area contributed by atoms with Gasteiger partial charge < -0.3 is 9.80 Å². The van der Waals surface area contributed by atoms with Gasteiger partial charge in [-0.1, -0.05) is 39.8 Å². The van der Waals surface area contributed by atoms with E-state index in [2.05, 4.69) is 48.0 Å². The number of likely N-dealkylation sites (tertiary alicyclic amines) is 1. The maximum Gasteiger partial charge on any atom is 0.273 e. The zero-order chi connectivity index (χ0) is 27.1. The van der Waals surface area contributed by atoms with E-state index in [1.807, 2.05) is 35.4 Å². The predicted octanol–water partition coefficient (Wildman–Crippen LogP) is 5.83. The van der Waals surface area contributed by atoms with E-state index in [1.165, 1.54) is 25.9 Å². The second-order valence-corrected chi connectivity index (χ2v) is 11.4. The monoisotopic (exact) mass is 514 g/mol. The molecule has 0 aliphatic carbocycles. The number of benzene rings is 1. The highest BCUT2D eigenvalue weighted by Crippen LogP contribution is 2.27. The van der Waals surface area contributed by atoms with Crippen molar-refractivity contribution in [3.8, 4) is 17.3 Å². The molecule has 1 aromatic carbocycles. The number of aryl methyl sites for hydroxylation is 1. The molecule has 38 heavy (non-hydrogen) atoms. The standard InChI is InChI=1S/C31H42N6O/c1-23(2)13-18-36(19-14-24(3)4)31(38)27-22-37-28(8-7-17-35-15-5-6-16-35)30(34-29(37)21-33-27)26-11-9-25(20-32)10-12-26/h9-12,21-24H,5-8,13-19H2,1-4H3. The molecule has 3 heterocycles. The topological polar surface area (TPSA) is 77.5 Å². The van der Waals surface area contributed by atoms with Crippen molar-refractivity contribution in [1.29, 1.82) is 5.26 Å². The molecule has 1 saturated heterocycles. The molecule has 7 nitrogen and oxygen atoms in total. The predicted molar refractivity (Wildman–Crippen MR) is 152 cm³/mol. The molecule has 0 unspecified atom stereocenters. The summed E-state index contributed by atoms with van der Waals surface area (Å²) in [7, 11) is 0. The second-order valence-electron chi connectivity index (χ2n) is 11.4. The highest BCUT2D eigenvalue weighted by Gasteiger charge is 2.21. The van der Waals surface area contributed by atoms with E-state index in [-0.39, 0.29) is 5.91 Å². The Morgan fingerprint density at radius 2 is 1.71 bits per heavy atom. The lowest BCUT2D eigenvalue weighted by Gasteiger charge is -2.24. The molecule has 1 aliphatic rings. The van der Waals surface area contributed by atoms with Crippen LogP contribution in [0.25, 0.3) is 16.9 Å². The average molecular weight is 515 g/mol. The molecule has 0 radical (unpaired) electrons. The molecule has 4 rings (SSSR count). The van der Waals surface area contributed by atoms with Crippen molar-refractivity contribution in [2.24, 2.45) is 11.8 Å². The Labute approximate surface area is 227 Å². The lowest BCUT2D eigenvalue weighted by molar-refractivity contribution is 0.0734. The van der Waals surface area contributed by atoms with Crippen LogP contribution in [0, 0.1) is 23.2 Å². The Morgan fingerprint density at radius 3 is 2.32 bits per heavy atom. The van der Waals surface area contributed by atoms with E-state index in [0.29, 0.717) is 23.1 Å². The molecule has 1 amide bonds. The van der Waals surface area contributed by atoms with Crippen LogP contribution in [0.15, 0.2) is 36.7 Å². The highest BCUT2D eigenvalue weighted by molar-refractivity contribution is 5.92. The van der Waals surface area contributed by atoms with Gasteiger partial charge in [-0.2, -0.15) is 5.26 Å². The maximum atomic E-state index is 13.7. The summed E-state index contributed by atoms with van der Waals surface area (Å²) >= 11 is 0. The van der Waals surface area contributed by atoms with E-state index in [9.17, 15) is 10.1 Å². The third-order valence-corrected chi connectivity index (χ3v) is 7.44. The summed E-state index contributed by atoms with van der Waals surface area (Å²) in [6.45, 7) is 13.7. The summed E-state index contributed by atoms with van der Waals surface area (Å²) in [5, 5.41) is 9.23. The molecular formula is C31H42N6O. The van der Waals surface area contributed by atoms with Gasteiger partial charge in [0.25, 0.3) is 5.91 Å². The first-order valence-corrected chi connectivity index (χ1v) is 14.2. The van der Waals surface area contributed by atoms with Crippen molar-refractivity contribution < 1.29 is 4.79 Å². The zero-order valence-corrected chi connectivity index (χ0v) is 23.5. The number of carbonyl (C=O) groups excluding carboxylic acids is 1. The number of nitrogens with zero attached hydrogens (tertiary/aromatic N) is 6. The molecule has 3 aromatic rings. The van der Waals surface area contributed by atoms with Crippen LogP contribution < -0.4 is 0 Å². The fourth-order valence-electron chi connectivity index (χ4n) is 5.07. The Kier molecular flexibility index (Phi) is 9.52. The number of carbonyl (C=O) groups is 1. The first-order valence-electron chi connectivity index (χ1n) is 14.2. The summed E-state index contributed by atoms with van der Waals surface area (Å²) in [5.41, 5.74) is 4.82. The summed E-state index contributed by atoms with van der Waals surface area (Å²) < 4.78 is 2.07. The molecule has 7 heteroatoms. The minimum atomic E-state index is -0.00941. The molecule has 0 spiro atoms. The summed E-state index contributed by atoms with van der Waals surface area (Å²) in [6, 6.07) is 9.79. The van der Waals surface area contributed by atoms with Gasteiger partial charge in [0, 0.05) is 24.8 Å². The molecule has 2 aromatic heterocycles. The summed E-state index contributed by atoms with van der Waals surface area (Å²) in [4.78, 5) is 27.7. The van der Waals surface area contributed by atoms with Gasteiger partial charge in [-0.05, 0) is 82.1 Å². The molecule has 0 atom stereocenters. The fraction of sp³-hybridized carbons (Fsp3) is 0.548. The van der Waals surface area contributed by atoms with Gasteiger partial charge in [-0.3, -0.25) is 9.20 Å². The van der Waals surface area contributed by atoms with Crippen LogP contribution in [-0.2, 0) is 6.42 Å². The molecule has 202 valence electrons. The van der Waals surface area contributed by atoms with Crippen molar-refractivity contribution in [1.82, 2.24) is 24.2 Å². The third kappa shape index (κ3) is 6.99. The zero-order valence-electron chi connectivity index (χ0n) is 23.5. The fourth-order valence-corrected chi connectivity index (χ4v) is 5.07. The Bertz CT molecular complexity index is 1240. The molecule has 1 fully saturated rings. The Hall–Kier alpha value is -3.24. The Balaban J connectivity index is 1.66. The van der Waals surface area contributed by atoms with Crippen molar-refractivity contribution in [3.63, 3.8) is 0 Å². The van der Waals surface area contributed by atoms with Gasteiger partial charge in [0.15, 0.2) is 5.65 Å². The quantitative estimate of drug-likeness (QED) is 0.304. The second kappa shape index (κ2) is 13.0. The largest absolute Gasteiger partial charge is 0.337 e. The van der Waals surface area contributed by atoms with Gasteiger partial charge in [0.1, 0.15) is 5.69 Å². The van der Waals surface area contributed by atoms with Gasteiger partial charge in [0.2, 0.25) is 0 Å². The Morgan fingerprint density at radius 1 is 1.05 bits per heavy atom. The number of hydrogen-bond donors (Lipinski definition) is 0. The van der Waals surface area contributed by atoms with Crippen LogP contribution in [0.1, 0.15) is 81.5 Å². The van der Waals surface area contributed by atoms with Gasteiger partial charge >= 0.3 is 0 Å². The van der Waals surface area contributed by atoms with E-state index < -0.39 is 0 Å². The number of hydrogen-bond acceptors (Lipinski definition) is 5. The van der Waals surface area contributed by atoms with Crippen molar-refractivity contribution in [3.05, 3.63) is 53.6 Å². The molecule has 0 bridgehead atoms. The van der Waals surface area contributed by atoms with Crippen LogP contribution in [0.3, 0.4) is 0 Å². The van der Waals surface area contributed by atoms with Crippen LogP contribution in [-0.4, -0.2) is 62.8 Å². The number of aromatic nitrogens is 3. The number of rotatable bonds is 12. The first kappa shape index (κ1) is 27.8. The SMILES string of the molecule is CC(C)CCN(CCC(C)C)C(=O)c1cn2c(CCCN3CCCC3)c(-c3ccc(C#N)cc3)nc2cn1. The number of nitriles is 1. The van der Waals surface area contributed by atoms with Crippen LogP contribution in [0.2, 0.25) is 0 Å².